The molecule has 88 valence electrons. The highest BCUT2D eigenvalue weighted by atomic mass is 32.2. The summed E-state index contributed by atoms with van der Waals surface area (Å²) in [6, 6.07) is 0. The Hall–Kier alpha value is -0.730. The van der Waals surface area contributed by atoms with E-state index in [1.807, 2.05) is 0 Å². The number of nitrogens with one attached hydrogen (secondary N) is 1. The van der Waals surface area contributed by atoms with E-state index >= 15 is 0 Å². The third kappa shape index (κ3) is 2.69. The van der Waals surface area contributed by atoms with Gasteiger partial charge in [0.15, 0.2) is 5.13 Å². The van der Waals surface area contributed by atoms with Crippen LogP contribution < -0.4 is 10.5 Å². The van der Waals surface area contributed by atoms with Crippen LogP contribution >= 0.6 is 23.6 Å². The monoisotopic (exact) mass is 277 g/mol. The van der Waals surface area contributed by atoms with Gasteiger partial charge in [-0.25, -0.2) is 13.4 Å². The Balaban J connectivity index is 2.12. The summed E-state index contributed by atoms with van der Waals surface area (Å²) < 4.78 is 25.4. The van der Waals surface area contributed by atoms with Crippen molar-refractivity contribution >= 4 is 43.7 Å². The van der Waals surface area contributed by atoms with Gasteiger partial charge in [0.25, 0.3) is 0 Å². The summed E-state index contributed by atoms with van der Waals surface area (Å²) in [5.74, 6) is -0.341. The molecule has 3 N–H and O–H groups in total. The molecule has 5 nitrogen and oxygen atoms in total. The highest BCUT2D eigenvalue weighted by Gasteiger charge is 2.20. The summed E-state index contributed by atoms with van der Waals surface area (Å²) >= 11 is 5.96. The minimum absolute atomic E-state index is 0.0448. The van der Waals surface area contributed by atoms with Crippen LogP contribution in [0.1, 0.15) is 17.0 Å². The Kier molecular flexibility index (Phi) is 3.13. The Labute approximate surface area is 103 Å². The smallest absolute Gasteiger partial charge is 0.241 e. The molecule has 0 amide bonds. The molecule has 0 bridgehead atoms. The fourth-order valence-electron chi connectivity index (χ4n) is 1.59. The molecule has 1 aromatic rings. The highest BCUT2D eigenvalue weighted by Crippen LogP contribution is 2.30. The normalized spacial score (nSPS) is 14.8. The zero-order valence-corrected chi connectivity index (χ0v) is 10.8. The van der Waals surface area contributed by atoms with Crippen molar-refractivity contribution in [2.75, 3.05) is 10.5 Å². The number of rotatable bonds is 4. The van der Waals surface area contributed by atoms with Crippen molar-refractivity contribution in [2.45, 2.75) is 19.3 Å². The van der Waals surface area contributed by atoms with Gasteiger partial charge in [0.1, 0.15) is 5.75 Å². The molecule has 1 aromatic heterocycles. The van der Waals surface area contributed by atoms with Gasteiger partial charge >= 0.3 is 0 Å². The highest BCUT2D eigenvalue weighted by molar-refractivity contribution is 7.95. The number of fused-ring (bicyclic) bond motifs is 1. The van der Waals surface area contributed by atoms with Crippen LogP contribution in [0, 0.1) is 0 Å². The van der Waals surface area contributed by atoms with E-state index in [4.69, 9.17) is 5.73 Å². The molecule has 0 saturated heterocycles. The van der Waals surface area contributed by atoms with Gasteiger partial charge in [-0.1, -0.05) is 12.2 Å². The number of aromatic nitrogens is 1. The van der Waals surface area contributed by atoms with Crippen molar-refractivity contribution in [3.63, 3.8) is 0 Å². The van der Waals surface area contributed by atoms with Crippen LogP contribution in [-0.2, 0) is 22.9 Å². The first kappa shape index (κ1) is 11.7. The van der Waals surface area contributed by atoms with Crippen molar-refractivity contribution < 1.29 is 8.42 Å². The average molecular weight is 277 g/mol. The topological polar surface area (TPSA) is 85.1 Å². The number of nitrogens with zero attached hydrogens (tertiary/aromatic N) is 1. The first-order valence-electron chi connectivity index (χ1n) is 4.74. The molecule has 16 heavy (non-hydrogen) atoms. The summed E-state index contributed by atoms with van der Waals surface area (Å²) in [4.78, 5) is 5.36. The van der Waals surface area contributed by atoms with Gasteiger partial charge in [-0.3, -0.25) is 4.72 Å². The molecular formula is C8H11N3O2S3. The quantitative estimate of drug-likeness (QED) is 0.790. The third-order valence-electron chi connectivity index (χ3n) is 2.17. The molecule has 0 spiro atoms. The number of hydrogen-bond acceptors (Lipinski definition) is 5. The Morgan fingerprint density at radius 3 is 2.94 bits per heavy atom. The van der Waals surface area contributed by atoms with Gasteiger partial charge < -0.3 is 5.73 Å². The van der Waals surface area contributed by atoms with E-state index < -0.39 is 10.0 Å². The number of aryl methyl sites for hydroxylation is 2. The van der Waals surface area contributed by atoms with Gasteiger partial charge in [0.05, 0.1) is 10.7 Å². The zero-order chi connectivity index (χ0) is 11.8. The molecular weight excluding hydrogens is 266 g/mol. The molecule has 0 aliphatic heterocycles. The Morgan fingerprint density at radius 2 is 2.31 bits per heavy atom. The lowest BCUT2D eigenvalue weighted by molar-refractivity contribution is 0.605. The molecule has 0 atom stereocenters. The first-order valence-corrected chi connectivity index (χ1v) is 7.61. The number of hydrogen-bond donors (Lipinski definition) is 2. The zero-order valence-electron chi connectivity index (χ0n) is 8.39. The van der Waals surface area contributed by atoms with Gasteiger partial charge in [-0.2, -0.15) is 0 Å². The van der Waals surface area contributed by atoms with E-state index in [9.17, 15) is 8.42 Å². The molecule has 8 heteroatoms. The molecule has 0 fully saturated rings. The van der Waals surface area contributed by atoms with Gasteiger partial charge in [0, 0.05) is 4.88 Å². The average Bonchev–Trinajstić information content (AvgIpc) is 2.58. The number of thiazole rings is 1. The fraction of sp³-hybridized carbons (Fsp3) is 0.500. The molecule has 0 radical (unpaired) electrons. The third-order valence-corrected chi connectivity index (χ3v) is 4.90. The largest absolute Gasteiger partial charge is 0.392 e. The van der Waals surface area contributed by atoms with E-state index in [0.717, 1.165) is 25.0 Å². The van der Waals surface area contributed by atoms with Crippen LogP contribution in [0.25, 0.3) is 0 Å². The van der Waals surface area contributed by atoms with Crippen molar-refractivity contribution in [2.24, 2.45) is 5.73 Å². The maximum atomic E-state index is 11.5. The van der Waals surface area contributed by atoms with Gasteiger partial charge in [-0.05, 0) is 19.3 Å². The van der Waals surface area contributed by atoms with E-state index in [-0.39, 0.29) is 10.7 Å². The standard InChI is InChI=1S/C8H11N3O2S3/c9-7(14)4-16(12,13)11-8-10-5-2-1-3-6(5)15-8/h1-4H2,(H2,9,14)(H,10,11). The number of anilines is 1. The van der Waals surface area contributed by atoms with Crippen molar-refractivity contribution in [3.05, 3.63) is 10.6 Å². The number of sulfonamides is 1. The van der Waals surface area contributed by atoms with Crippen LogP contribution in [0.5, 0.6) is 0 Å². The molecule has 1 aliphatic carbocycles. The lowest BCUT2D eigenvalue weighted by Gasteiger charge is -2.03. The van der Waals surface area contributed by atoms with Crippen LogP contribution in [0.2, 0.25) is 0 Å². The summed E-state index contributed by atoms with van der Waals surface area (Å²) in [5, 5.41) is 0.418. The molecule has 0 aromatic carbocycles. The predicted molar refractivity (Wildman–Crippen MR) is 68.3 cm³/mol. The second kappa shape index (κ2) is 4.27. The lowest BCUT2D eigenvalue weighted by Crippen LogP contribution is -2.26. The summed E-state index contributed by atoms with van der Waals surface area (Å²) in [7, 11) is -3.49. The maximum Gasteiger partial charge on any atom is 0.241 e. The van der Waals surface area contributed by atoms with Crippen molar-refractivity contribution in [1.82, 2.24) is 4.98 Å². The van der Waals surface area contributed by atoms with E-state index in [2.05, 4.69) is 21.9 Å². The predicted octanol–water partition coefficient (Wildman–Crippen LogP) is 0.660. The molecule has 1 heterocycles. The number of thiocarbonyl (C=S) groups is 1. The van der Waals surface area contributed by atoms with E-state index in [0.29, 0.717) is 5.13 Å². The summed E-state index contributed by atoms with van der Waals surface area (Å²) in [6.45, 7) is 0. The van der Waals surface area contributed by atoms with Crippen LogP contribution in [-0.4, -0.2) is 24.1 Å². The number of nitrogens with two attached hydrogens (primary N) is 1. The lowest BCUT2D eigenvalue weighted by atomic mass is 10.4. The SMILES string of the molecule is NC(=S)CS(=O)(=O)Nc1nc2c(s1)CCC2. The van der Waals surface area contributed by atoms with E-state index in [1.54, 1.807) is 0 Å². The van der Waals surface area contributed by atoms with Gasteiger partial charge in [0.2, 0.25) is 10.0 Å². The van der Waals surface area contributed by atoms with Crippen LogP contribution in [0.3, 0.4) is 0 Å². The minimum Gasteiger partial charge on any atom is -0.392 e. The van der Waals surface area contributed by atoms with E-state index in [1.165, 1.54) is 16.2 Å². The second-order valence-electron chi connectivity index (χ2n) is 3.57. The summed E-state index contributed by atoms with van der Waals surface area (Å²) in [6.07, 6.45) is 3.03. The Bertz CT molecular complexity index is 499. The molecule has 2 rings (SSSR count). The van der Waals surface area contributed by atoms with Crippen molar-refractivity contribution in [1.29, 1.82) is 0 Å². The first-order chi connectivity index (χ1) is 7.46. The summed E-state index contributed by atoms with van der Waals surface area (Å²) in [5.41, 5.74) is 6.21. The second-order valence-corrected chi connectivity index (χ2v) is 6.90. The maximum absolute atomic E-state index is 11.5. The van der Waals surface area contributed by atoms with Crippen LogP contribution in [0.15, 0.2) is 0 Å². The van der Waals surface area contributed by atoms with Gasteiger partial charge in [-0.15, -0.1) is 11.3 Å². The molecule has 1 aliphatic rings. The molecule has 0 unspecified atom stereocenters. The van der Waals surface area contributed by atoms with Crippen molar-refractivity contribution in [3.8, 4) is 0 Å². The Morgan fingerprint density at radius 1 is 1.56 bits per heavy atom. The fourth-order valence-corrected chi connectivity index (χ4v) is 4.26. The molecule has 0 saturated carbocycles. The van der Waals surface area contributed by atoms with Crippen LogP contribution in [0.4, 0.5) is 5.13 Å². The minimum atomic E-state index is -3.49.